The van der Waals surface area contributed by atoms with Gasteiger partial charge in [-0.3, -0.25) is 9.59 Å². The predicted molar refractivity (Wildman–Crippen MR) is 132 cm³/mol. The summed E-state index contributed by atoms with van der Waals surface area (Å²) in [5, 5.41) is 1.86. The number of nitrogens with zero attached hydrogens (tertiary/aromatic N) is 2. The van der Waals surface area contributed by atoms with Crippen LogP contribution in [0.2, 0.25) is 0 Å². The fourth-order valence-electron chi connectivity index (χ4n) is 4.45. The van der Waals surface area contributed by atoms with Crippen molar-refractivity contribution in [3.05, 3.63) is 120 Å². The first-order chi connectivity index (χ1) is 16.2. The summed E-state index contributed by atoms with van der Waals surface area (Å²) < 4.78 is 0. The number of fused-ring (bicyclic) bond motifs is 1. The Bertz CT molecular complexity index is 1360. The minimum atomic E-state index is -0.288. The Morgan fingerprint density at radius 2 is 1.33 bits per heavy atom. The Balaban J connectivity index is 1.66. The van der Waals surface area contributed by atoms with Gasteiger partial charge in [0.25, 0.3) is 11.8 Å². The summed E-state index contributed by atoms with van der Waals surface area (Å²) in [6.45, 7) is 3.16. The van der Waals surface area contributed by atoms with Crippen molar-refractivity contribution in [2.75, 3.05) is 11.4 Å². The minimum absolute atomic E-state index is 0.284. The number of carbonyl (C=O) groups is 2. The van der Waals surface area contributed by atoms with Gasteiger partial charge in [0.15, 0.2) is 0 Å². The van der Waals surface area contributed by atoms with Crippen molar-refractivity contribution in [2.24, 2.45) is 0 Å². The van der Waals surface area contributed by atoms with E-state index in [-0.39, 0.29) is 11.8 Å². The molecule has 1 aliphatic rings. The molecule has 0 saturated heterocycles. The molecule has 2 amide bonds. The highest BCUT2D eigenvalue weighted by Crippen LogP contribution is 2.38. The second-order valence-electron chi connectivity index (χ2n) is 8.03. The number of benzene rings is 4. The Hall–Kier alpha value is -4.18. The van der Waals surface area contributed by atoms with Gasteiger partial charge in [0.05, 0.1) is 11.3 Å². The van der Waals surface area contributed by atoms with E-state index in [1.54, 1.807) is 0 Å². The fourth-order valence-corrected chi connectivity index (χ4v) is 4.45. The zero-order valence-corrected chi connectivity index (χ0v) is 18.4. The Morgan fingerprint density at radius 3 is 2.06 bits per heavy atom. The molecule has 0 N–H and O–H groups in total. The normalized spacial score (nSPS) is 13.8. The van der Waals surface area contributed by atoms with E-state index in [1.807, 2.05) is 115 Å². The molecule has 0 unspecified atom stereocenters. The number of hydrogen-bond acceptors (Lipinski definition) is 3. The molecular weight excluding hydrogens is 408 g/mol. The van der Waals surface area contributed by atoms with Gasteiger partial charge >= 0.3 is 0 Å². The molecule has 0 fully saturated rings. The number of likely N-dealkylation sites (N-methyl/N-ethyl adjacent to an activating group) is 1. The van der Waals surface area contributed by atoms with Crippen LogP contribution in [0, 0.1) is 0 Å². The van der Waals surface area contributed by atoms with Crippen molar-refractivity contribution < 1.29 is 9.59 Å². The van der Waals surface area contributed by atoms with Crippen molar-refractivity contribution in [1.29, 1.82) is 0 Å². The third-order valence-electron chi connectivity index (χ3n) is 6.04. The number of hydrogen-bond donors (Lipinski definition) is 0. The molecule has 4 heteroatoms. The molecule has 4 aromatic carbocycles. The van der Waals surface area contributed by atoms with Crippen LogP contribution in [-0.4, -0.2) is 23.3 Å². The van der Waals surface area contributed by atoms with E-state index >= 15 is 0 Å². The summed E-state index contributed by atoms with van der Waals surface area (Å²) in [6, 6.07) is 33.1. The summed E-state index contributed by atoms with van der Waals surface area (Å²) in [7, 11) is 0. The zero-order chi connectivity index (χ0) is 22.8. The summed E-state index contributed by atoms with van der Waals surface area (Å²) in [5.74, 6) is -0.572. The first-order valence-electron chi connectivity index (χ1n) is 11.1. The molecule has 0 bridgehead atoms. The van der Waals surface area contributed by atoms with Gasteiger partial charge in [-0.05, 0) is 29.5 Å². The van der Waals surface area contributed by atoms with Crippen molar-refractivity contribution in [3.63, 3.8) is 0 Å². The van der Waals surface area contributed by atoms with E-state index in [2.05, 4.69) is 0 Å². The molecule has 4 aromatic rings. The fraction of sp³-hybridized carbons (Fsp3) is 0.103. The number of imide groups is 1. The molecule has 0 saturated carbocycles. The van der Waals surface area contributed by atoms with Crippen molar-refractivity contribution >= 4 is 33.8 Å². The van der Waals surface area contributed by atoms with Crippen LogP contribution < -0.4 is 4.90 Å². The molecule has 0 spiro atoms. The van der Waals surface area contributed by atoms with E-state index < -0.39 is 0 Å². The van der Waals surface area contributed by atoms with Crippen molar-refractivity contribution in [1.82, 2.24) is 4.90 Å². The lowest BCUT2D eigenvalue weighted by Crippen LogP contribution is -2.35. The van der Waals surface area contributed by atoms with Crippen LogP contribution in [0.25, 0.3) is 16.3 Å². The maximum absolute atomic E-state index is 13.9. The van der Waals surface area contributed by atoms with E-state index in [9.17, 15) is 9.59 Å². The molecular formula is C29H24N2O2. The van der Waals surface area contributed by atoms with Crippen LogP contribution in [0.5, 0.6) is 0 Å². The molecule has 1 heterocycles. The van der Waals surface area contributed by atoms with E-state index in [4.69, 9.17) is 0 Å². The monoisotopic (exact) mass is 432 g/mol. The second kappa shape index (κ2) is 8.75. The lowest BCUT2D eigenvalue weighted by atomic mass is 10.0. The van der Waals surface area contributed by atoms with Crippen LogP contribution in [0.1, 0.15) is 18.1 Å². The van der Waals surface area contributed by atoms with Gasteiger partial charge in [0.2, 0.25) is 0 Å². The number of amides is 2. The number of anilines is 1. The van der Waals surface area contributed by atoms with Gasteiger partial charge in [0, 0.05) is 18.5 Å². The largest absolute Gasteiger partial charge is 0.362 e. The molecule has 0 aromatic heterocycles. The third-order valence-corrected chi connectivity index (χ3v) is 6.04. The van der Waals surface area contributed by atoms with Gasteiger partial charge in [-0.1, -0.05) is 97.1 Å². The van der Waals surface area contributed by atoms with Crippen LogP contribution in [0.15, 0.2) is 109 Å². The predicted octanol–water partition coefficient (Wildman–Crippen LogP) is 5.65. The highest BCUT2D eigenvalue weighted by molar-refractivity contribution is 6.46. The quantitative estimate of drug-likeness (QED) is 0.370. The van der Waals surface area contributed by atoms with Crippen LogP contribution in [-0.2, 0) is 16.1 Å². The lowest BCUT2D eigenvalue weighted by molar-refractivity contribution is -0.120. The standard InChI is InChI=1S/C29H24N2O2/c1-2-30(20-21-12-5-3-6-13-21)27-26(23-15-7-4-8-16-23)28(32)31(29(27)33)25-19-11-17-22-14-9-10-18-24(22)25/h3-19H,2,20H2,1H3. The molecule has 0 aliphatic carbocycles. The second-order valence-corrected chi connectivity index (χ2v) is 8.03. The number of rotatable bonds is 6. The minimum Gasteiger partial charge on any atom is -0.362 e. The van der Waals surface area contributed by atoms with Crippen molar-refractivity contribution in [3.8, 4) is 0 Å². The topological polar surface area (TPSA) is 40.6 Å². The third kappa shape index (κ3) is 3.70. The Morgan fingerprint density at radius 1 is 0.697 bits per heavy atom. The van der Waals surface area contributed by atoms with E-state index in [1.165, 1.54) is 4.90 Å². The van der Waals surface area contributed by atoms with Crippen LogP contribution in [0.3, 0.4) is 0 Å². The summed E-state index contributed by atoms with van der Waals surface area (Å²) in [6.07, 6.45) is 0. The van der Waals surface area contributed by atoms with Crippen molar-refractivity contribution in [2.45, 2.75) is 13.5 Å². The SMILES string of the molecule is CCN(Cc1ccccc1)C1=C(c2ccccc2)C(=O)N(c2cccc3ccccc23)C1=O. The smallest absolute Gasteiger partial charge is 0.282 e. The number of carbonyl (C=O) groups excluding carboxylic acids is 2. The van der Waals surface area contributed by atoms with E-state index in [0.29, 0.717) is 30.0 Å². The maximum atomic E-state index is 13.9. The molecule has 4 nitrogen and oxygen atoms in total. The molecule has 5 rings (SSSR count). The highest BCUT2D eigenvalue weighted by atomic mass is 16.2. The molecule has 33 heavy (non-hydrogen) atoms. The first kappa shape index (κ1) is 20.7. The van der Waals surface area contributed by atoms with Crippen LogP contribution >= 0.6 is 0 Å². The maximum Gasteiger partial charge on any atom is 0.282 e. The molecule has 162 valence electrons. The summed E-state index contributed by atoms with van der Waals surface area (Å²) in [5.41, 5.74) is 3.35. The average molecular weight is 433 g/mol. The molecule has 0 atom stereocenters. The molecule has 0 radical (unpaired) electrons. The van der Waals surface area contributed by atoms with E-state index in [0.717, 1.165) is 21.9 Å². The average Bonchev–Trinajstić information content (AvgIpc) is 3.13. The van der Waals surface area contributed by atoms with Gasteiger partial charge in [0.1, 0.15) is 5.70 Å². The highest BCUT2D eigenvalue weighted by Gasteiger charge is 2.42. The van der Waals surface area contributed by atoms with Gasteiger partial charge in [-0.15, -0.1) is 0 Å². The lowest BCUT2D eigenvalue weighted by Gasteiger charge is -2.25. The summed E-state index contributed by atoms with van der Waals surface area (Å²) >= 11 is 0. The molecule has 1 aliphatic heterocycles. The van der Waals surface area contributed by atoms with Gasteiger partial charge in [-0.25, -0.2) is 4.90 Å². The zero-order valence-electron chi connectivity index (χ0n) is 18.4. The van der Waals surface area contributed by atoms with Gasteiger partial charge in [-0.2, -0.15) is 0 Å². The van der Waals surface area contributed by atoms with Gasteiger partial charge < -0.3 is 4.90 Å². The summed E-state index contributed by atoms with van der Waals surface area (Å²) in [4.78, 5) is 31.1. The van der Waals surface area contributed by atoms with Crippen LogP contribution in [0.4, 0.5) is 5.69 Å². The first-order valence-corrected chi connectivity index (χ1v) is 11.1. The Labute approximate surface area is 193 Å². The Kier molecular flexibility index (Phi) is 5.49.